The number of rotatable bonds is 3. The van der Waals surface area contributed by atoms with Crippen LogP contribution in [0.2, 0.25) is 0 Å². The minimum absolute atomic E-state index is 0.0871. The van der Waals surface area contributed by atoms with Gasteiger partial charge in [-0.2, -0.15) is 18.3 Å². The lowest BCUT2D eigenvalue weighted by atomic mass is 10.2. The lowest BCUT2D eigenvalue weighted by molar-refractivity contribution is -0.137. The van der Waals surface area contributed by atoms with Gasteiger partial charge in [0.1, 0.15) is 11.4 Å². The Balaban J connectivity index is 2.40. The summed E-state index contributed by atoms with van der Waals surface area (Å²) >= 11 is 0. The second-order valence-electron chi connectivity index (χ2n) is 4.53. The first-order valence-corrected chi connectivity index (χ1v) is 5.96. The molecule has 2 aromatic rings. The summed E-state index contributed by atoms with van der Waals surface area (Å²) in [4.78, 5) is 0. The fourth-order valence-corrected chi connectivity index (χ4v) is 1.69. The molecule has 4 nitrogen and oxygen atoms in total. The molecule has 0 bridgehead atoms. The van der Waals surface area contributed by atoms with Crippen molar-refractivity contribution in [3.63, 3.8) is 0 Å². The van der Waals surface area contributed by atoms with E-state index in [0.29, 0.717) is 11.4 Å². The Morgan fingerprint density at radius 3 is 2.55 bits per heavy atom. The van der Waals surface area contributed by atoms with Gasteiger partial charge in [0.2, 0.25) is 0 Å². The lowest BCUT2D eigenvalue weighted by Crippen LogP contribution is -2.09. The van der Waals surface area contributed by atoms with E-state index in [-0.39, 0.29) is 11.8 Å². The summed E-state index contributed by atoms with van der Waals surface area (Å²) in [7, 11) is 0. The third-order valence-corrected chi connectivity index (χ3v) is 2.56. The molecular weight excluding hydrogens is 271 g/mol. The number of hydrogen-bond acceptors (Lipinski definition) is 3. The van der Waals surface area contributed by atoms with Gasteiger partial charge in [0, 0.05) is 6.20 Å². The Bertz CT molecular complexity index is 605. The molecule has 0 saturated carbocycles. The number of anilines is 1. The normalized spacial score (nSPS) is 11.9. The van der Waals surface area contributed by atoms with E-state index >= 15 is 0 Å². The second kappa shape index (κ2) is 5.07. The van der Waals surface area contributed by atoms with Crippen LogP contribution in [-0.2, 0) is 6.18 Å². The van der Waals surface area contributed by atoms with Crippen LogP contribution in [0.15, 0.2) is 30.6 Å². The van der Waals surface area contributed by atoms with Crippen molar-refractivity contribution in [3.05, 3.63) is 36.2 Å². The van der Waals surface area contributed by atoms with Gasteiger partial charge in [-0.1, -0.05) is 6.07 Å². The van der Waals surface area contributed by atoms with E-state index in [9.17, 15) is 13.2 Å². The molecule has 1 aromatic heterocycles. The van der Waals surface area contributed by atoms with Crippen LogP contribution in [0.1, 0.15) is 19.4 Å². The van der Waals surface area contributed by atoms with E-state index in [2.05, 4.69) is 5.10 Å². The molecule has 0 saturated heterocycles. The van der Waals surface area contributed by atoms with Gasteiger partial charge in [0.15, 0.2) is 0 Å². The smallest absolute Gasteiger partial charge is 0.419 e. The quantitative estimate of drug-likeness (QED) is 0.881. The molecule has 0 spiro atoms. The van der Waals surface area contributed by atoms with Crippen molar-refractivity contribution in [1.82, 2.24) is 9.78 Å². The molecule has 7 heteroatoms. The number of halogens is 3. The molecule has 20 heavy (non-hydrogen) atoms. The van der Waals surface area contributed by atoms with Crippen LogP contribution in [0, 0.1) is 0 Å². The summed E-state index contributed by atoms with van der Waals surface area (Å²) in [5, 5.41) is 3.70. The highest BCUT2D eigenvalue weighted by Gasteiger charge is 2.32. The molecule has 0 aliphatic rings. The number of nitrogen functional groups attached to an aromatic ring is 1. The summed E-state index contributed by atoms with van der Waals surface area (Å²) in [5.74, 6) is 0.418. The molecule has 0 fully saturated rings. The highest BCUT2D eigenvalue weighted by Crippen LogP contribution is 2.32. The lowest BCUT2D eigenvalue weighted by Gasteiger charge is -2.14. The molecule has 108 valence electrons. The van der Waals surface area contributed by atoms with Crippen molar-refractivity contribution in [2.24, 2.45) is 0 Å². The van der Waals surface area contributed by atoms with Crippen LogP contribution in [0.5, 0.6) is 5.75 Å². The molecule has 1 heterocycles. The van der Waals surface area contributed by atoms with Crippen molar-refractivity contribution >= 4 is 5.69 Å². The SMILES string of the molecule is CC(C)Oc1cccc(-n2cc(C(F)(F)F)cn2)c1N. The molecule has 2 N–H and O–H groups in total. The maximum Gasteiger partial charge on any atom is 0.419 e. The van der Waals surface area contributed by atoms with E-state index in [4.69, 9.17) is 10.5 Å². The number of nitrogens with two attached hydrogens (primary N) is 1. The number of hydrogen-bond donors (Lipinski definition) is 1. The Kier molecular flexibility index (Phi) is 3.61. The standard InChI is InChI=1S/C13H14F3N3O/c1-8(2)20-11-5-3-4-10(12(11)17)19-7-9(6-18-19)13(14,15)16/h3-8H,17H2,1-2H3. The van der Waals surface area contributed by atoms with Crippen molar-refractivity contribution in [3.8, 4) is 11.4 Å². The monoisotopic (exact) mass is 285 g/mol. The molecule has 0 aliphatic carbocycles. The summed E-state index contributed by atoms with van der Waals surface area (Å²) in [5.41, 5.74) is 5.68. The van der Waals surface area contributed by atoms with Crippen molar-refractivity contribution in [2.45, 2.75) is 26.1 Å². The third kappa shape index (κ3) is 2.87. The third-order valence-electron chi connectivity index (χ3n) is 2.56. The molecule has 2 rings (SSSR count). The van der Waals surface area contributed by atoms with Gasteiger partial charge in [-0.3, -0.25) is 0 Å². The van der Waals surface area contributed by atoms with Gasteiger partial charge in [-0.25, -0.2) is 4.68 Å². The molecule has 1 aromatic carbocycles. The predicted molar refractivity (Wildman–Crippen MR) is 68.7 cm³/mol. The maximum atomic E-state index is 12.6. The number of alkyl halides is 3. The van der Waals surface area contributed by atoms with Crippen LogP contribution < -0.4 is 10.5 Å². The van der Waals surface area contributed by atoms with Crippen LogP contribution in [0.4, 0.5) is 18.9 Å². The van der Waals surface area contributed by atoms with E-state index in [0.717, 1.165) is 17.1 Å². The van der Waals surface area contributed by atoms with Crippen molar-refractivity contribution < 1.29 is 17.9 Å². The van der Waals surface area contributed by atoms with E-state index in [1.807, 2.05) is 13.8 Å². The molecule has 0 atom stereocenters. The first-order chi connectivity index (χ1) is 9.29. The highest BCUT2D eigenvalue weighted by molar-refractivity contribution is 5.66. The Hall–Kier alpha value is -2.18. The maximum absolute atomic E-state index is 12.6. The molecule has 0 unspecified atom stereocenters. The van der Waals surface area contributed by atoms with Crippen LogP contribution in [0.3, 0.4) is 0 Å². The first-order valence-electron chi connectivity index (χ1n) is 5.96. The van der Waals surface area contributed by atoms with Crippen LogP contribution in [-0.4, -0.2) is 15.9 Å². The largest absolute Gasteiger partial charge is 0.489 e. The molecule has 0 amide bonds. The highest BCUT2D eigenvalue weighted by atomic mass is 19.4. The summed E-state index contributed by atoms with van der Waals surface area (Å²) in [6, 6.07) is 4.89. The zero-order chi connectivity index (χ0) is 14.9. The zero-order valence-electron chi connectivity index (χ0n) is 11.0. The van der Waals surface area contributed by atoms with Gasteiger partial charge in [-0.05, 0) is 26.0 Å². The van der Waals surface area contributed by atoms with Gasteiger partial charge in [-0.15, -0.1) is 0 Å². The summed E-state index contributed by atoms with van der Waals surface area (Å²) < 4.78 is 44.3. The zero-order valence-corrected chi connectivity index (χ0v) is 11.0. The number of para-hydroxylation sites is 1. The Morgan fingerprint density at radius 1 is 1.30 bits per heavy atom. The number of nitrogens with zero attached hydrogens (tertiary/aromatic N) is 2. The molecule has 0 aliphatic heterocycles. The average Bonchev–Trinajstić information content (AvgIpc) is 2.80. The minimum Gasteiger partial charge on any atom is -0.489 e. The Labute approximate surface area is 114 Å². The van der Waals surface area contributed by atoms with Crippen molar-refractivity contribution in [2.75, 3.05) is 5.73 Å². The van der Waals surface area contributed by atoms with Gasteiger partial charge in [0.25, 0.3) is 0 Å². The topological polar surface area (TPSA) is 53.1 Å². The minimum atomic E-state index is -4.43. The van der Waals surface area contributed by atoms with Crippen LogP contribution in [0.25, 0.3) is 5.69 Å². The second-order valence-corrected chi connectivity index (χ2v) is 4.53. The van der Waals surface area contributed by atoms with E-state index in [1.165, 1.54) is 0 Å². The van der Waals surface area contributed by atoms with Gasteiger partial charge in [0.05, 0.1) is 23.6 Å². The van der Waals surface area contributed by atoms with Gasteiger partial charge >= 0.3 is 6.18 Å². The summed E-state index contributed by atoms with van der Waals surface area (Å²) in [6.45, 7) is 3.67. The Morgan fingerprint density at radius 2 is 2.00 bits per heavy atom. The van der Waals surface area contributed by atoms with Crippen molar-refractivity contribution in [1.29, 1.82) is 0 Å². The molecular formula is C13H14F3N3O. The molecule has 0 radical (unpaired) electrons. The number of benzene rings is 1. The predicted octanol–water partition coefficient (Wildman–Crippen LogP) is 3.26. The number of aromatic nitrogens is 2. The summed E-state index contributed by atoms with van der Waals surface area (Å²) in [6.07, 6.45) is -2.87. The fraction of sp³-hybridized carbons (Fsp3) is 0.308. The van der Waals surface area contributed by atoms with Crippen LogP contribution >= 0.6 is 0 Å². The fourth-order valence-electron chi connectivity index (χ4n) is 1.69. The first kappa shape index (κ1) is 14.2. The number of ether oxygens (including phenoxy) is 1. The van der Waals surface area contributed by atoms with Gasteiger partial charge < -0.3 is 10.5 Å². The van der Waals surface area contributed by atoms with E-state index in [1.54, 1.807) is 18.2 Å². The van der Waals surface area contributed by atoms with E-state index < -0.39 is 11.7 Å². The average molecular weight is 285 g/mol.